The van der Waals surface area contributed by atoms with Gasteiger partial charge < -0.3 is 20.3 Å². The van der Waals surface area contributed by atoms with Gasteiger partial charge in [0.05, 0.1) is 0 Å². The molecule has 1 saturated heterocycles. The Balaban J connectivity index is 2.67. The van der Waals surface area contributed by atoms with Gasteiger partial charge in [-0.3, -0.25) is 9.59 Å². The first-order valence-electron chi connectivity index (χ1n) is 3.19. The molecule has 1 rings (SSSR count). The second-order valence-electron chi connectivity index (χ2n) is 2.20. The Kier molecular flexibility index (Phi) is 2.98. The highest BCUT2D eigenvalue weighted by atomic mass is 35.6. The van der Waals surface area contributed by atoms with Crippen LogP contribution in [0.3, 0.4) is 0 Å². The number of nitrogens with one attached hydrogen (secondary N) is 2. The van der Waals surface area contributed by atoms with Crippen LogP contribution in [0.2, 0.25) is 0 Å². The van der Waals surface area contributed by atoms with E-state index in [1.165, 1.54) is 0 Å². The first kappa shape index (κ1) is 10.1. The van der Waals surface area contributed by atoms with Crippen molar-refractivity contribution < 1.29 is 14.4 Å². The minimum Gasteiger partial charge on any atom is -0.352 e. The van der Waals surface area contributed by atoms with Crippen LogP contribution in [-0.4, -0.2) is 42.5 Å². The molecule has 0 spiro atoms. The van der Waals surface area contributed by atoms with Crippen molar-refractivity contribution >= 4 is 42.5 Å². The van der Waals surface area contributed by atoms with Crippen molar-refractivity contribution in [2.24, 2.45) is 5.73 Å². The minimum absolute atomic E-state index is 0.589. The van der Waals surface area contributed by atoms with E-state index in [4.69, 9.17) is 15.8 Å². The lowest BCUT2D eigenvalue weighted by Crippen LogP contribution is -2.48. The number of halogens is 1. The van der Waals surface area contributed by atoms with Gasteiger partial charge in [0.1, 0.15) is 0 Å². The molecule has 1 fully saturated rings. The van der Waals surface area contributed by atoms with Gasteiger partial charge in [-0.05, 0) is 0 Å². The van der Waals surface area contributed by atoms with E-state index in [9.17, 15) is 14.4 Å². The van der Waals surface area contributed by atoms with Crippen LogP contribution in [-0.2, 0) is 4.79 Å². The molecule has 13 heavy (non-hydrogen) atoms. The molecule has 5 amide bonds. The molecule has 0 saturated carbocycles. The number of nitrogens with two attached hydrogens (primary N) is 1. The second-order valence-corrected chi connectivity index (χ2v) is 3.49. The Morgan fingerprint density at radius 2 is 2.31 bits per heavy atom. The average Bonchev–Trinajstić information content (AvgIpc) is 2.26. The van der Waals surface area contributed by atoms with Crippen LogP contribution >= 0.6 is 10.0 Å². The zero-order chi connectivity index (χ0) is 10.0. The number of carbonyl (C=O) groups excluding carboxylic acids is 3. The van der Waals surface area contributed by atoms with Gasteiger partial charge in [-0.15, -0.1) is 0 Å². The van der Waals surface area contributed by atoms with Crippen LogP contribution in [0.5, 0.6) is 0 Å². The molecule has 1 atom stereocenters. The number of nitrogens with zero attached hydrogens (tertiary/aromatic N) is 1. The lowest BCUT2D eigenvalue weighted by atomic mass is 10.5. The van der Waals surface area contributed by atoms with Gasteiger partial charge in [0.15, 0.2) is 6.17 Å². The Morgan fingerprint density at radius 3 is 2.69 bits per heavy atom. The number of primary amides is 1. The van der Waals surface area contributed by atoms with Crippen LogP contribution in [0.25, 0.3) is 0 Å². The molecule has 1 radical (unpaired) electrons. The van der Waals surface area contributed by atoms with E-state index in [1.807, 2.05) is 0 Å². The lowest BCUT2D eigenvalue weighted by Gasteiger charge is -2.08. The van der Waals surface area contributed by atoms with E-state index in [0.717, 1.165) is 3.88 Å². The maximum atomic E-state index is 11.2. The number of imide groups is 1. The topological polar surface area (TPSA) is 105 Å². The molecule has 0 aromatic rings. The SMILES string of the molecule is NC(=O)NC1NC(=O)[N]([Al][Cl])C1=O. The Bertz CT molecular complexity index is 272. The summed E-state index contributed by atoms with van der Waals surface area (Å²) in [7, 11) is 5.38. The average molecular weight is 220 g/mol. The highest BCUT2D eigenvalue weighted by Gasteiger charge is 2.37. The van der Waals surface area contributed by atoms with Crippen molar-refractivity contribution in [2.75, 3.05) is 0 Å². The van der Waals surface area contributed by atoms with Gasteiger partial charge in [-0.1, -0.05) is 0 Å². The standard InChI is InChI=1S/C4H6N4O3.Al.ClH/c5-3(10)6-1-2(9)8-4(11)7-1;;/h1H,(H5,5,6,7,8,9,10,11);;1H/q;+2;/p-2. The van der Waals surface area contributed by atoms with E-state index in [1.54, 1.807) is 0 Å². The third-order valence-electron chi connectivity index (χ3n) is 1.36. The Morgan fingerprint density at radius 1 is 1.69 bits per heavy atom. The van der Waals surface area contributed by atoms with Crippen LogP contribution in [0.4, 0.5) is 9.59 Å². The van der Waals surface area contributed by atoms with Crippen molar-refractivity contribution in [3.8, 4) is 0 Å². The maximum absolute atomic E-state index is 11.2. The molecular formula is C4H5AlClN4O3. The molecule has 7 nitrogen and oxygen atoms in total. The van der Waals surface area contributed by atoms with Crippen molar-refractivity contribution in [3.05, 3.63) is 0 Å². The fraction of sp³-hybridized carbons (Fsp3) is 0.250. The summed E-state index contributed by atoms with van der Waals surface area (Å²) in [5.74, 6) is -0.589. The van der Waals surface area contributed by atoms with E-state index in [0.29, 0.717) is 0 Å². The number of rotatable bonds is 2. The van der Waals surface area contributed by atoms with E-state index >= 15 is 0 Å². The summed E-state index contributed by atoms with van der Waals surface area (Å²) in [5.41, 5.74) is 4.77. The molecule has 1 unspecified atom stereocenters. The quantitative estimate of drug-likeness (QED) is 0.381. The third-order valence-corrected chi connectivity index (χ3v) is 2.62. The summed E-state index contributed by atoms with van der Waals surface area (Å²) in [6, 6.07) is -1.50. The first-order chi connectivity index (χ1) is 6.06. The van der Waals surface area contributed by atoms with E-state index in [2.05, 4.69) is 10.6 Å². The minimum atomic E-state index is -1.09. The van der Waals surface area contributed by atoms with Crippen molar-refractivity contribution in [1.29, 1.82) is 0 Å². The Labute approximate surface area is 83.7 Å². The number of hydrogen-bond donors (Lipinski definition) is 3. The predicted octanol–water partition coefficient (Wildman–Crippen LogP) is -1.69. The van der Waals surface area contributed by atoms with Gasteiger partial charge in [-0.2, -0.15) is 0 Å². The molecule has 69 valence electrons. The van der Waals surface area contributed by atoms with Crippen LogP contribution < -0.4 is 16.4 Å². The fourth-order valence-corrected chi connectivity index (χ4v) is 1.79. The molecule has 0 bridgehead atoms. The molecular weight excluding hydrogens is 215 g/mol. The van der Waals surface area contributed by atoms with Crippen LogP contribution in [0.15, 0.2) is 0 Å². The summed E-state index contributed by atoms with van der Waals surface area (Å²) in [5, 5.41) is 4.25. The smallest absolute Gasteiger partial charge is 0.352 e. The highest BCUT2D eigenvalue weighted by molar-refractivity contribution is 6.94. The van der Waals surface area contributed by atoms with Crippen LogP contribution in [0.1, 0.15) is 0 Å². The Hall–Kier alpha value is -0.968. The van der Waals surface area contributed by atoms with Crippen molar-refractivity contribution in [2.45, 2.75) is 6.17 Å². The van der Waals surface area contributed by atoms with Gasteiger partial charge in [-0.25, -0.2) is 14.8 Å². The molecule has 1 aliphatic rings. The molecule has 9 heteroatoms. The molecule has 0 aromatic heterocycles. The van der Waals surface area contributed by atoms with E-state index in [-0.39, 0.29) is 0 Å². The number of carbonyl (C=O) groups is 3. The van der Waals surface area contributed by atoms with Crippen molar-refractivity contribution in [1.82, 2.24) is 14.5 Å². The lowest BCUT2D eigenvalue weighted by molar-refractivity contribution is -0.124. The number of amides is 5. The number of urea groups is 2. The summed E-state index contributed by atoms with van der Waals surface area (Å²) in [6.45, 7) is 0. The van der Waals surface area contributed by atoms with Crippen LogP contribution in [0, 0.1) is 0 Å². The largest absolute Gasteiger partial charge is 0.532 e. The van der Waals surface area contributed by atoms with Crippen molar-refractivity contribution in [3.63, 3.8) is 0 Å². The maximum Gasteiger partial charge on any atom is 0.532 e. The third kappa shape index (κ3) is 2.03. The first-order valence-corrected chi connectivity index (χ1v) is 5.45. The van der Waals surface area contributed by atoms with E-state index < -0.39 is 38.7 Å². The fourth-order valence-electron chi connectivity index (χ4n) is 0.826. The van der Waals surface area contributed by atoms with Gasteiger partial charge in [0.25, 0.3) is 5.91 Å². The molecule has 0 aromatic carbocycles. The second kappa shape index (κ2) is 3.83. The molecule has 4 N–H and O–H groups in total. The highest BCUT2D eigenvalue weighted by Crippen LogP contribution is 2.02. The monoisotopic (exact) mass is 219 g/mol. The summed E-state index contributed by atoms with van der Waals surface area (Å²) in [6.07, 6.45) is -1.09. The summed E-state index contributed by atoms with van der Waals surface area (Å²) < 4.78 is 0.835. The number of hydrogen-bond acceptors (Lipinski definition) is 3. The summed E-state index contributed by atoms with van der Waals surface area (Å²) in [4.78, 5) is 32.5. The zero-order valence-corrected chi connectivity index (χ0v) is 8.19. The molecule has 1 heterocycles. The van der Waals surface area contributed by atoms with Gasteiger partial charge >= 0.3 is 26.6 Å². The summed E-state index contributed by atoms with van der Waals surface area (Å²) >= 11 is -0.956. The predicted molar refractivity (Wildman–Crippen MR) is 43.5 cm³/mol. The molecule has 1 aliphatic heterocycles. The van der Waals surface area contributed by atoms with Gasteiger partial charge in [0.2, 0.25) is 0 Å². The zero-order valence-electron chi connectivity index (χ0n) is 6.28. The normalized spacial score (nSPS) is 21.3. The van der Waals surface area contributed by atoms with Gasteiger partial charge in [0, 0.05) is 0 Å². The molecule has 0 aliphatic carbocycles.